The number of carbonyl (C=O) groups is 1. The number of hydrogen-bond acceptors (Lipinski definition) is 11. The molecule has 6 bridgehead atoms. The SMILES string of the molecule is C[C@@]12C[C@@]3(O)O[C@H](O1)[C@]1(COC(=O)c4ccccc4)[C@H]3C[C@]12O[C@H]1O[C@@H](CO)[C@@H](O)[C@@H](O)[C@H]1O. The molecule has 34 heavy (non-hydrogen) atoms. The Kier molecular flexibility index (Phi) is 4.81. The Morgan fingerprint density at radius 1 is 1.12 bits per heavy atom. The van der Waals surface area contributed by atoms with Crippen LogP contribution < -0.4 is 0 Å². The van der Waals surface area contributed by atoms with Crippen molar-refractivity contribution in [2.24, 2.45) is 11.3 Å². The van der Waals surface area contributed by atoms with Gasteiger partial charge in [0.05, 0.1) is 17.6 Å². The second-order valence-corrected chi connectivity index (χ2v) is 10.2. The molecular weight excluding hydrogens is 452 g/mol. The van der Waals surface area contributed by atoms with E-state index in [2.05, 4.69) is 0 Å². The number of esters is 1. The van der Waals surface area contributed by atoms with Crippen LogP contribution in [0.5, 0.6) is 0 Å². The summed E-state index contributed by atoms with van der Waals surface area (Å²) < 4.78 is 29.7. The maximum absolute atomic E-state index is 12.7. The third-order valence-electron chi connectivity index (χ3n) is 8.57. The minimum atomic E-state index is -1.61. The predicted octanol–water partition coefficient (Wildman–Crippen LogP) is -1.36. The smallest absolute Gasteiger partial charge is 0.338 e. The van der Waals surface area contributed by atoms with E-state index in [0.29, 0.717) is 5.56 Å². The van der Waals surface area contributed by atoms with E-state index in [4.69, 9.17) is 23.7 Å². The monoisotopic (exact) mass is 480 g/mol. The topological polar surface area (TPSA) is 164 Å². The van der Waals surface area contributed by atoms with Crippen LogP contribution in [0.4, 0.5) is 0 Å². The molecule has 1 aromatic rings. The second kappa shape index (κ2) is 7.19. The molecule has 7 aliphatic rings. The molecule has 1 aromatic carbocycles. The first kappa shape index (κ1) is 22.8. The van der Waals surface area contributed by atoms with Gasteiger partial charge < -0.3 is 49.2 Å². The van der Waals surface area contributed by atoms with Gasteiger partial charge in [-0.05, 0) is 25.5 Å². The molecule has 0 unspecified atom stereocenters. The molecule has 5 N–H and O–H groups in total. The Balaban J connectivity index is 1.32. The highest BCUT2D eigenvalue weighted by atomic mass is 16.8. The summed E-state index contributed by atoms with van der Waals surface area (Å²) in [4.78, 5) is 12.7. The number of ether oxygens (including phenoxy) is 5. The fraction of sp³-hybridized carbons (Fsp3) is 0.696. The van der Waals surface area contributed by atoms with E-state index in [0.717, 1.165) is 0 Å². The number of carbonyl (C=O) groups excluding carboxylic acids is 1. The Bertz CT molecular complexity index is 988. The molecular formula is C23H28O11. The number of rotatable bonds is 6. The van der Waals surface area contributed by atoms with Crippen molar-refractivity contribution in [1.82, 2.24) is 0 Å². The van der Waals surface area contributed by atoms with Gasteiger partial charge in [-0.25, -0.2) is 4.79 Å². The van der Waals surface area contributed by atoms with Crippen LogP contribution in [0.3, 0.4) is 0 Å². The van der Waals surface area contributed by atoms with E-state index in [9.17, 15) is 30.3 Å². The lowest BCUT2D eigenvalue weighted by molar-refractivity contribution is -0.424. The number of hydrogen-bond donors (Lipinski definition) is 5. The normalized spacial score (nSPS) is 52.5. The fourth-order valence-electron chi connectivity index (χ4n) is 6.87. The summed E-state index contributed by atoms with van der Waals surface area (Å²) in [5, 5.41) is 51.7. The minimum Gasteiger partial charge on any atom is -0.461 e. The zero-order valence-corrected chi connectivity index (χ0v) is 18.4. The summed E-state index contributed by atoms with van der Waals surface area (Å²) in [6.07, 6.45) is -7.87. The van der Waals surface area contributed by atoms with Gasteiger partial charge in [-0.2, -0.15) is 0 Å². The molecule has 4 aliphatic heterocycles. The van der Waals surface area contributed by atoms with Crippen LogP contribution in [-0.2, 0) is 23.7 Å². The van der Waals surface area contributed by atoms with Gasteiger partial charge in [-0.15, -0.1) is 0 Å². The van der Waals surface area contributed by atoms with Crippen molar-refractivity contribution in [2.45, 2.75) is 73.8 Å². The van der Waals surface area contributed by atoms with Crippen LogP contribution in [0.15, 0.2) is 30.3 Å². The standard InChI is InChI=1S/C23H28O11/c1-20-9-22(29)13-7-23(20,32-18-16(27)15(26)14(25)12(8-24)31-18)21(13,19(33-20)34-22)10-30-17(28)11-5-3-2-4-6-11/h2-6,12-16,18-19,24-27,29H,7-10H2,1H3/t12-,13+,14+,15+,16+,18+,19-,20-,21-,22+,23+/m0/s1. The third-order valence-corrected chi connectivity index (χ3v) is 8.57. The average Bonchev–Trinajstić information content (AvgIpc) is 3.00. The van der Waals surface area contributed by atoms with Gasteiger partial charge in [0.1, 0.15) is 42.2 Å². The molecule has 0 radical (unpaired) electrons. The van der Waals surface area contributed by atoms with Crippen molar-refractivity contribution in [3.05, 3.63) is 35.9 Å². The van der Waals surface area contributed by atoms with E-state index in [1.165, 1.54) is 0 Å². The summed E-state index contributed by atoms with van der Waals surface area (Å²) in [6.45, 7) is 0.985. The Labute approximate surface area is 194 Å². The molecule has 11 heteroatoms. The van der Waals surface area contributed by atoms with Crippen molar-refractivity contribution in [3.8, 4) is 0 Å². The summed E-state index contributed by atoms with van der Waals surface area (Å²) in [5.74, 6) is -2.49. The first-order valence-corrected chi connectivity index (χ1v) is 11.4. The molecule has 3 aliphatic carbocycles. The van der Waals surface area contributed by atoms with Crippen molar-refractivity contribution < 1.29 is 54.0 Å². The fourth-order valence-corrected chi connectivity index (χ4v) is 6.87. The lowest BCUT2D eigenvalue weighted by atomic mass is 9.41. The van der Waals surface area contributed by atoms with Crippen LogP contribution in [0.25, 0.3) is 0 Å². The largest absolute Gasteiger partial charge is 0.461 e. The predicted molar refractivity (Wildman–Crippen MR) is 109 cm³/mol. The molecule has 3 saturated carbocycles. The second-order valence-electron chi connectivity index (χ2n) is 10.2. The van der Waals surface area contributed by atoms with E-state index in [-0.39, 0.29) is 19.4 Å². The van der Waals surface area contributed by atoms with Crippen molar-refractivity contribution in [3.63, 3.8) is 0 Å². The molecule has 0 amide bonds. The molecule has 186 valence electrons. The highest BCUT2D eigenvalue weighted by Gasteiger charge is 2.94. The summed E-state index contributed by atoms with van der Waals surface area (Å²) in [6, 6.07) is 8.47. The van der Waals surface area contributed by atoms with E-state index in [1.54, 1.807) is 37.3 Å². The highest BCUT2D eigenvalue weighted by molar-refractivity contribution is 5.89. The first-order valence-electron chi connectivity index (χ1n) is 11.4. The van der Waals surface area contributed by atoms with Crippen molar-refractivity contribution in [1.29, 1.82) is 0 Å². The first-order chi connectivity index (χ1) is 16.1. The quantitative estimate of drug-likeness (QED) is 0.306. The summed E-state index contributed by atoms with van der Waals surface area (Å²) in [5.41, 5.74) is -2.99. The Morgan fingerprint density at radius 3 is 2.56 bits per heavy atom. The number of aliphatic hydroxyl groups is 5. The lowest BCUT2D eigenvalue weighted by Gasteiger charge is -2.67. The molecule has 11 atom stereocenters. The molecule has 4 heterocycles. The van der Waals surface area contributed by atoms with E-state index in [1.807, 2.05) is 0 Å². The van der Waals surface area contributed by atoms with Gasteiger partial charge >= 0.3 is 5.97 Å². The molecule has 11 nitrogen and oxygen atoms in total. The molecule has 8 rings (SSSR count). The molecule has 7 fully saturated rings. The van der Waals surface area contributed by atoms with Gasteiger partial charge in [-0.3, -0.25) is 0 Å². The zero-order valence-electron chi connectivity index (χ0n) is 18.4. The van der Waals surface area contributed by atoms with Crippen LogP contribution in [0.1, 0.15) is 30.1 Å². The molecule has 0 spiro atoms. The van der Waals surface area contributed by atoms with Gasteiger partial charge in [0, 0.05) is 12.3 Å². The molecule has 4 saturated heterocycles. The van der Waals surface area contributed by atoms with Crippen LogP contribution in [0.2, 0.25) is 0 Å². The van der Waals surface area contributed by atoms with Crippen molar-refractivity contribution >= 4 is 5.97 Å². The third kappa shape index (κ3) is 2.59. The van der Waals surface area contributed by atoms with Gasteiger partial charge in [0.15, 0.2) is 18.4 Å². The van der Waals surface area contributed by atoms with Gasteiger partial charge in [0.2, 0.25) is 0 Å². The van der Waals surface area contributed by atoms with Gasteiger partial charge in [0.25, 0.3) is 0 Å². The number of benzene rings is 1. The highest BCUT2D eigenvalue weighted by Crippen LogP contribution is 2.81. The molecule has 0 aromatic heterocycles. The maximum Gasteiger partial charge on any atom is 0.338 e. The lowest BCUT2D eigenvalue weighted by Crippen LogP contribution is -2.80. The van der Waals surface area contributed by atoms with Crippen LogP contribution in [0, 0.1) is 11.3 Å². The zero-order chi connectivity index (χ0) is 24.1. The summed E-state index contributed by atoms with van der Waals surface area (Å²) in [7, 11) is 0. The Morgan fingerprint density at radius 2 is 1.85 bits per heavy atom. The number of aliphatic hydroxyl groups excluding tert-OH is 4. The average molecular weight is 480 g/mol. The minimum absolute atomic E-state index is 0.0902. The van der Waals surface area contributed by atoms with E-state index < -0.39 is 77.9 Å². The van der Waals surface area contributed by atoms with E-state index >= 15 is 0 Å². The van der Waals surface area contributed by atoms with Crippen molar-refractivity contribution in [2.75, 3.05) is 13.2 Å². The van der Waals surface area contributed by atoms with Crippen LogP contribution in [-0.4, -0.2) is 98.7 Å². The summed E-state index contributed by atoms with van der Waals surface area (Å²) >= 11 is 0. The Hall–Kier alpha value is -1.67. The van der Waals surface area contributed by atoms with Gasteiger partial charge in [-0.1, -0.05) is 18.2 Å². The maximum atomic E-state index is 12.7. The van der Waals surface area contributed by atoms with Crippen LogP contribution >= 0.6 is 0 Å².